The van der Waals surface area contributed by atoms with Crippen molar-refractivity contribution in [3.63, 3.8) is 0 Å². The van der Waals surface area contributed by atoms with Gasteiger partial charge in [-0.1, -0.05) is 0 Å². The molecule has 0 spiro atoms. The molecule has 0 bridgehead atoms. The summed E-state index contributed by atoms with van der Waals surface area (Å²) >= 11 is 0. The van der Waals surface area contributed by atoms with Gasteiger partial charge in [-0.3, -0.25) is 0 Å². The van der Waals surface area contributed by atoms with Gasteiger partial charge in [0.05, 0.1) is 33.0 Å². The Hall–Kier alpha value is -1.54. The summed E-state index contributed by atoms with van der Waals surface area (Å²) in [5, 5.41) is 11.3. The van der Waals surface area contributed by atoms with Gasteiger partial charge in [0.1, 0.15) is 0 Å². The molecule has 0 saturated heterocycles. The van der Waals surface area contributed by atoms with Crippen LogP contribution in [0.1, 0.15) is 25.7 Å². The number of aliphatic hydroxyl groups excluding tert-OH is 1. The molecule has 8 nitrogen and oxygen atoms in total. The minimum atomic E-state index is -0.454. The Kier molecular flexibility index (Phi) is 8.11. The van der Waals surface area contributed by atoms with Crippen LogP contribution in [0.3, 0.4) is 0 Å². The predicted octanol–water partition coefficient (Wildman–Crippen LogP) is 0.980. The van der Waals surface area contributed by atoms with Crippen LogP contribution >= 0.6 is 0 Å². The second kappa shape index (κ2) is 10.4. The summed E-state index contributed by atoms with van der Waals surface area (Å²) in [7, 11) is 0. The fourth-order valence-corrected chi connectivity index (χ4v) is 2.02. The smallest absolute Gasteiger partial charge is 0.409 e. The van der Waals surface area contributed by atoms with Crippen molar-refractivity contribution in [2.75, 3.05) is 52.7 Å². The number of alkyl carbamates (subject to hydrolysis) is 1. The molecule has 2 N–H and O–H groups in total. The number of hydrogen-bond donors (Lipinski definition) is 2. The van der Waals surface area contributed by atoms with Gasteiger partial charge in [0.2, 0.25) is 0 Å². The number of amides is 2. The van der Waals surface area contributed by atoms with Crippen molar-refractivity contribution in [1.29, 1.82) is 0 Å². The molecular weight excluding hydrogens is 316 g/mol. The summed E-state index contributed by atoms with van der Waals surface area (Å²) < 4.78 is 15.5. The quantitative estimate of drug-likeness (QED) is 0.512. The van der Waals surface area contributed by atoms with Gasteiger partial charge < -0.3 is 29.5 Å². The lowest BCUT2D eigenvalue weighted by atomic mass is 10.4. The number of aliphatic hydroxyl groups is 1. The lowest BCUT2D eigenvalue weighted by Gasteiger charge is -2.22. The molecular formula is C16H28N2O6. The second-order valence-electron chi connectivity index (χ2n) is 6.31. The lowest BCUT2D eigenvalue weighted by Crippen LogP contribution is -2.41. The Balaban J connectivity index is 1.62. The predicted molar refractivity (Wildman–Crippen MR) is 85.6 cm³/mol. The highest BCUT2D eigenvalue weighted by Crippen LogP contribution is 2.29. The zero-order valence-electron chi connectivity index (χ0n) is 14.1. The zero-order valence-corrected chi connectivity index (χ0v) is 14.1. The average molecular weight is 344 g/mol. The van der Waals surface area contributed by atoms with Crippen molar-refractivity contribution in [2.45, 2.75) is 25.7 Å². The van der Waals surface area contributed by atoms with E-state index in [1.807, 2.05) is 0 Å². The molecule has 0 aliphatic heterocycles. The van der Waals surface area contributed by atoms with Crippen LogP contribution in [-0.2, 0) is 14.2 Å². The Bertz CT molecular complexity index is 398. The number of nitrogens with one attached hydrogen (secondary N) is 1. The summed E-state index contributed by atoms with van der Waals surface area (Å²) in [6, 6.07) is 0. The largest absolute Gasteiger partial charge is 0.449 e. The maximum Gasteiger partial charge on any atom is 0.409 e. The van der Waals surface area contributed by atoms with Crippen LogP contribution in [0.15, 0.2) is 0 Å². The van der Waals surface area contributed by atoms with Crippen molar-refractivity contribution >= 4 is 12.2 Å². The van der Waals surface area contributed by atoms with E-state index in [-0.39, 0.29) is 13.2 Å². The first-order valence-corrected chi connectivity index (χ1v) is 8.70. The van der Waals surface area contributed by atoms with Crippen molar-refractivity contribution in [3.8, 4) is 0 Å². The molecule has 8 heteroatoms. The van der Waals surface area contributed by atoms with Crippen molar-refractivity contribution in [1.82, 2.24) is 10.2 Å². The maximum atomic E-state index is 12.1. The topological polar surface area (TPSA) is 97.3 Å². The highest BCUT2D eigenvalue weighted by atomic mass is 16.6. The SMILES string of the molecule is O=C(NCCN(CCOCCO)C(=O)OCC1CC1)OCC1CC1. The van der Waals surface area contributed by atoms with Gasteiger partial charge in [0.15, 0.2) is 0 Å². The third kappa shape index (κ3) is 8.35. The third-order valence-corrected chi connectivity index (χ3v) is 3.94. The zero-order chi connectivity index (χ0) is 17.2. The van der Waals surface area contributed by atoms with E-state index >= 15 is 0 Å². The van der Waals surface area contributed by atoms with E-state index in [2.05, 4.69) is 5.32 Å². The Morgan fingerprint density at radius 1 is 1.00 bits per heavy atom. The van der Waals surface area contributed by atoms with Crippen LogP contribution in [0.4, 0.5) is 9.59 Å². The molecule has 2 fully saturated rings. The highest BCUT2D eigenvalue weighted by molar-refractivity contribution is 5.68. The molecule has 24 heavy (non-hydrogen) atoms. The molecule has 0 radical (unpaired) electrons. The van der Waals surface area contributed by atoms with Crippen LogP contribution in [0.25, 0.3) is 0 Å². The number of nitrogens with zero attached hydrogens (tertiary/aromatic N) is 1. The first kappa shape index (κ1) is 18.8. The van der Waals surface area contributed by atoms with E-state index in [0.717, 1.165) is 25.7 Å². The second-order valence-corrected chi connectivity index (χ2v) is 6.31. The van der Waals surface area contributed by atoms with Crippen molar-refractivity contribution in [2.24, 2.45) is 11.8 Å². The van der Waals surface area contributed by atoms with Crippen molar-refractivity contribution in [3.05, 3.63) is 0 Å². The molecule has 0 aromatic rings. The first-order valence-electron chi connectivity index (χ1n) is 8.70. The number of ether oxygens (including phenoxy) is 3. The van der Waals surface area contributed by atoms with E-state index < -0.39 is 12.2 Å². The van der Waals surface area contributed by atoms with Crippen molar-refractivity contribution < 1.29 is 28.9 Å². The Morgan fingerprint density at radius 2 is 1.67 bits per heavy atom. The molecule has 2 aliphatic carbocycles. The molecule has 0 aromatic heterocycles. The highest BCUT2D eigenvalue weighted by Gasteiger charge is 2.25. The van der Waals surface area contributed by atoms with Gasteiger partial charge in [-0.25, -0.2) is 9.59 Å². The standard InChI is InChI=1S/C16H28N2O6/c19-8-10-22-9-7-18(16(21)24-12-14-3-4-14)6-5-17-15(20)23-11-13-1-2-13/h13-14,19H,1-12H2,(H,17,20). The van der Waals surface area contributed by atoms with Gasteiger partial charge in [0, 0.05) is 19.6 Å². The summed E-state index contributed by atoms with van der Waals surface area (Å²) in [4.78, 5) is 25.1. The summed E-state index contributed by atoms with van der Waals surface area (Å²) in [6.07, 6.45) is 3.62. The molecule has 2 amide bonds. The lowest BCUT2D eigenvalue weighted by molar-refractivity contribution is 0.0595. The van der Waals surface area contributed by atoms with Crippen LogP contribution in [0.2, 0.25) is 0 Å². The number of carbonyl (C=O) groups excluding carboxylic acids is 2. The van der Waals surface area contributed by atoms with Gasteiger partial charge in [-0.2, -0.15) is 0 Å². The summed E-state index contributed by atoms with van der Waals surface area (Å²) in [5.41, 5.74) is 0. The minimum Gasteiger partial charge on any atom is -0.449 e. The first-order chi connectivity index (χ1) is 11.7. The normalized spacial score (nSPS) is 16.5. The fourth-order valence-electron chi connectivity index (χ4n) is 2.02. The molecule has 0 unspecified atom stereocenters. The minimum absolute atomic E-state index is 0.0550. The number of hydrogen-bond acceptors (Lipinski definition) is 6. The number of rotatable bonds is 12. The number of carbonyl (C=O) groups is 2. The van der Waals surface area contributed by atoms with Crippen LogP contribution in [-0.4, -0.2) is 74.9 Å². The average Bonchev–Trinajstić information content (AvgIpc) is 3.47. The molecule has 0 heterocycles. The molecule has 2 aliphatic rings. The summed E-state index contributed by atoms with van der Waals surface area (Å²) in [6.45, 7) is 2.37. The van der Waals surface area contributed by atoms with Gasteiger partial charge in [0.25, 0.3) is 0 Å². The van der Waals surface area contributed by atoms with Crippen LogP contribution < -0.4 is 5.32 Å². The van der Waals surface area contributed by atoms with Gasteiger partial charge >= 0.3 is 12.2 Å². The molecule has 0 atom stereocenters. The fraction of sp³-hybridized carbons (Fsp3) is 0.875. The summed E-state index contributed by atoms with van der Waals surface area (Å²) in [5.74, 6) is 1.02. The van der Waals surface area contributed by atoms with E-state index in [1.165, 1.54) is 4.90 Å². The van der Waals surface area contributed by atoms with E-state index in [4.69, 9.17) is 19.3 Å². The molecule has 2 rings (SSSR count). The van der Waals surface area contributed by atoms with Crippen LogP contribution in [0, 0.1) is 11.8 Å². The van der Waals surface area contributed by atoms with E-state index in [0.29, 0.717) is 51.3 Å². The third-order valence-electron chi connectivity index (χ3n) is 3.94. The van der Waals surface area contributed by atoms with E-state index in [9.17, 15) is 9.59 Å². The maximum absolute atomic E-state index is 12.1. The molecule has 2 saturated carbocycles. The molecule has 138 valence electrons. The van der Waals surface area contributed by atoms with E-state index in [1.54, 1.807) is 0 Å². The van der Waals surface area contributed by atoms with Gasteiger partial charge in [-0.05, 0) is 37.5 Å². The van der Waals surface area contributed by atoms with Crippen LogP contribution in [0.5, 0.6) is 0 Å². The molecule has 0 aromatic carbocycles. The Labute approximate surface area is 142 Å². The monoisotopic (exact) mass is 344 g/mol. The van der Waals surface area contributed by atoms with Gasteiger partial charge in [-0.15, -0.1) is 0 Å². The Morgan fingerprint density at radius 3 is 2.29 bits per heavy atom.